The summed E-state index contributed by atoms with van der Waals surface area (Å²) in [5, 5.41) is 9.23. The van der Waals surface area contributed by atoms with E-state index in [2.05, 4.69) is 0 Å². The number of aliphatic carboxylic acids is 1. The summed E-state index contributed by atoms with van der Waals surface area (Å²) in [7, 11) is -21.9. The highest BCUT2D eigenvalue weighted by Crippen LogP contribution is 2.54. The molecule has 0 radical (unpaired) electrons. The van der Waals surface area contributed by atoms with Crippen molar-refractivity contribution >= 4 is 95.2 Å². The number of carbonyl (C=O) groups is 1. The second kappa shape index (κ2) is 22.2. The Morgan fingerprint density at radius 2 is 1.22 bits per heavy atom. The summed E-state index contributed by atoms with van der Waals surface area (Å²) in [6, 6.07) is 9.35. The van der Waals surface area contributed by atoms with Gasteiger partial charge in [-0.15, -0.1) is 0 Å². The van der Waals surface area contributed by atoms with Crippen LogP contribution in [0.25, 0.3) is 21.5 Å². The number of carboxylic acid groups (broad SMARTS) is 1. The highest BCUT2D eigenvalue weighted by molar-refractivity contribution is 7.87. The van der Waals surface area contributed by atoms with Crippen LogP contribution in [0.2, 0.25) is 0 Å². The average Bonchev–Trinajstić information content (AvgIpc) is 3.67. The number of carboxylic acids is 1. The lowest BCUT2D eigenvalue weighted by molar-refractivity contribution is -0.437. The molecule has 4 aromatic rings. The zero-order chi connectivity index (χ0) is 54.8. The molecule has 2 unspecified atom stereocenters. The van der Waals surface area contributed by atoms with Crippen LogP contribution in [0.4, 0.5) is 11.4 Å². The topological polar surface area (TPSA) is 337 Å². The van der Waals surface area contributed by atoms with Gasteiger partial charge in [-0.25, -0.2) is 8.42 Å². The minimum absolute atomic E-state index is 0.0123. The van der Waals surface area contributed by atoms with E-state index in [1.807, 2.05) is 11.8 Å². The third kappa shape index (κ3) is 12.5. The summed E-state index contributed by atoms with van der Waals surface area (Å²) >= 11 is 0. The number of rotatable bonds is 24. The minimum Gasteiger partial charge on any atom is -0.744 e. The molecule has 0 saturated carbocycles. The molecule has 0 bridgehead atoms. The summed E-state index contributed by atoms with van der Waals surface area (Å²) in [6.45, 7) is 4.21. The van der Waals surface area contributed by atoms with E-state index in [1.165, 1.54) is 32.4 Å². The van der Waals surface area contributed by atoms with E-state index < -0.39 is 92.7 Å². The van der Waals surface area contributed by atoms with Gasteiger partial charge in [-0.05, 0) is 104 Å². The van der Waals surface area contributed by atoms with Crippen LogP contribution in [0, 0.1) is 0 Å². The predicted octanol–water partition coefficient (Wildman–Crippen LogP) is 6.32. The first kappa shape index (κ1) is 58.0. The first-order valence-corrected chi connectivity index (χ1v) is 30.1. The van der Waals surface area contributed by atoms with Crippen molar-refractivity contribution in [3.63, 3.8) is 0 Å². The summed E-state index contributed by atoms with van der Waals surface area (Å²) in [6.07, 6.45) is 13.6. The Bertz CT molecular complexity index is 3640. The third-order valence-corrected chi connectivity index (χ3v) is 17.5. The molecule has 402 valence electrons. The van der Waals surface area contributed by atoms with Crippen LogP contribution in [-0.2, 0) is 75.7 Å². The number of anilines is 1. The molecule has 2 atom stereocenters. The number of nitrogens with zero attached hydrogens (tertiary/aromatic N) is 2. The van der Waals surface area contributed by atoms with Gasteiger partial charge in [-0.2, -0.15) is 38.2 Å². The lowest BCUT2D eigenvalue weighted by Crippen LogP contribution is -2.33. The van der Waals surface area contributed by atoms with Gasteiger partial charge in [0.25, 0.3) is 40.5 Å². The lowest BCUT2D eigenvalue weighted by atomic mass is 9.75. The first-order chi connectivity index (χ1) is 34.4. The molecule has 2 aliphatic rings. The number of hydrogen-bond acceptors (Lipinski definition) is 15. The fraction of sp³-hybridized carbons (Fsp3) is 0.375. The van der Waals surface area contributed by atoms with Crippen LogP contribution in [-0.4, -0.2) is 132 Å². The van der Waals surface area contributed by atoms with Crippen molar-refractivity contribution in [1.82, 2.24) is 0 Å². The van der Waals surface area contributed by atoms with E-state index in [0.717, 1.165) is 12.1 Å². The molecular weight excluding hydrogens is 1070 g/mol. The molecular formula is C48H56N2O19S5. The zero-order valence-corrected chi connectivity index (χ0v) is 44.6. The van der Waals surface area contributed by atoms with Crippen molar-refractivity contribution < 1.29 is 88.8 Å². The molecule has 0 fully saturated rings. The third-order valence-electron chi connectivity index (χ3n) is 13.3. The normalized spacial score (nSPS) is 19.4. The summed E-state index contributed by atoms with van der Waals surface area (Å²) in [5.74, 6) is -1.58. The Labute approximate surface area is 429 Å². The van der Waals surface area contributed by atoms with Crippen molar-refractivity contribution in [2.24, 2.45) is 0 Å². The van der Waals surface area contributed by atoms with E-state index in [1.54, 1.807) is 60.1 Å². The molecule has 0 spiro atoms. The van der Waals surface area contributed by atoms with Gasteiger partial charge in [0, 0.05) is 86.7 Å². The van der Waals surface area contributed by atoms with E-state index in [4.69, 9.17) is 9.47 Å². The average molecular weight is 1130 g/mol. The van der Waals surface area contributed by atoms with Gasteiger partial charge in [-0.3, -0.25) is 23.0 Å². The maximum atomic E-state index is 12.7. The van der Waals surface area contributed by atoms with Crippen molar-refractivity contribution in [3.05, 3.63) is 108 Å². The number of ether oxygens (including phenoxy) is 2. The molecule has 0 aliphatic carbocycles. The summed E-state index contributed by atoms with van der Waals surface area (Å²) in [4.78, 5) is 9.98. The number of unbranched alkanes of at least 4 members (excludes halogenated alkanes) is 2. The van der Waals surface area contributed by atoms with Gasteiger partial charge in [0.2, 0.25) is 5.69 Å². The van der Waals surface area contributed by atoms with Gasteiger partial charge in [0.15, 0.2) is 5.71 Å². The van der Waals surface area contributed by atoms with Crippen molar-refractivity contribution in [2.75, 3.05) is 51.2 Å². The maximum absolute atomic E-state index is 12.7. The van der Waals surface area contributed by atoms with Gasteiger partial charge in [0.05, 0.1) is 25.9 Å². The lowest BCUT2D eigenvalue weighted by Gasteiger charge is -2.30. The Hall–Kier alpha value is -5.23. The number of hydrogen-bond donors (Lipinski definition) is 5. The Morgan fingerprint density at radius 1 is 0.662 bits per heavy atom. The van der Waals surface area contributed by atoms with Crippen LogP contribution >= 0.6 is 0 Å². The highest BCUT2D eigenvalue weighted by Gasteiger charge is 2.49. The SMILES string of the molecule is COCCC1(C)C(/C=C/C=C/C=C/C=C2/N(CCCCCC(=O)O)c3ccc4c(S(=O)(=O)[O-])cc(S(=O)(=O)O)cc4c3C2(C)CCOC)=[N+](CCCS(=O)(=O)O)c2ccc3c(S(=O)(=O)O)cc(S(=O)(=O)O)cc3c21. The number of methoxy groups -OCH3 is 2. The molecule has 21 nitrogen and oxygen atoms in total. The second-order valence-corrected chi connectivity index (χ2v) is 25.3. The summed E-state index contributed by atoms with van der Waals surface area (Å²) in [5.41, 5.74) is 0.731. The minimum atomic E-state index is -5.28. The monoisotopic (exact) mass is 1120 g/mol. The smallest absolute Gasteiger partial charge is 0.303 e. The van der Waals surface area contributed by atoms with Crippen molar-refractivity contribution in [1.29, 1.82) is 0 Å². The second-order valence-electron chi connectivity index (χ2n) is 18.2. The maximum Gasteiger partial charge on any atom is 0.303 e. The molecule has 4 aromatic carbocycles. The van der Waals surface area contributed by atoms with Gasteiger partial charge in [0.1, 0.15) is 21.6 Å². The molecule has 0 aromatic heterocycles. The number of benzene rings is 4. The van der Waals surface area contributed by atoms with Crippen LogP contribution in [0.5, 0.6) is 0 Å². The number of fused-ring (bicyclic) bond motifs is 6. The van der Waals surface area contributed by atoms with Gasteiger partial charge < -0.3 is 24.0 Å². The molecule has 74 heavy (non-hydrogen) atoms. The molecule has 2 heterocycles. The fourth-order valence-corrected chi connectivity index (χ4v) is 13.1. The van der Waals surface area contributed by atoms with Crippen molar-refractivity contribution in [3.8, 4) is 0 Å². The first-order valence-electron chi connectivity index (χ1n) is 22.8. The highest BCUT2D eigenvalue weighted by atomic mass is 32.2. The molecule has 26 heteroatoms. The van der Waals surface area contributed by atoms with E-state index in [9.17, 15) is 74.8 Å². The van der Waals surface area contributed by atoms with E-state index >= 15 is 0 Å². The van der Waals surface area contributed by atoms with Gasteiger partial charge in [-0.1, -0.05) is 42.9 Å². The standard InChI is InChI=1S/C48H56N2O19S5/c1-47(21-25-68-3)42(49(23-12-8-11-16-44(51)52)38-19-17-34-36(45(38)47)28-32(71(56,57)58)30-40(34)73(62,63)64)14-9-6-5-7-10-15-43-48(2,22-26-69-4)46-37-29-33(72(59,60)61)31-41(74(65,66)67)35(37)18-20-39(46)50(43)24-13-27-70(53,54)55/h5-7,9-10,14-15,17-20,28-31H,8,11-13,16,21-27H2,1-4H3,(H5-,51,52,53,54,55,56,57,58,59,60,61,62,63,64,65,66,67). The summed E-state index contributed by atoms with van der Waals surface area (Å²) < 4.78 is 189. The van der Waals surface area contributed by atoms with Crippen molar-refractivity contribution in [2.45, 2.75) is 89.2 Å². The molecule has 6 rings (SSSR count). The van der Waals surface area contributed by atoms with Crippen LogP contribution in [0.1, 0.15) is 69.9 Å². The Balaban J connectivity index is 1.47. The van der Waals surface area contributed by atoms with E-state index in [-0.39, 0.29) is 67.0 Å². The Morgan fingerprint density at radius 3 is 1.78 bits per heavy atom. The van der Waals surface area contributed by atoms with Crippen LogP contribution in [0.15, 0.2) is 116 Å². The van der Waals surface area contributed by atoms with Crippen LogP contribution < -0.4 is 4.90 Å². The quantitative estimate of drug-likeness (QED) is 0.0222. The molecule has 2 aliphatic heterocycles. The molecule has 0 saturated heterocycles. The van der Waals surface area contributed by atoms with Gasteiger partial charge >= 0.3 is 5.97 Å². The molecule has 0 amide bonds. The molecule has 5 N–H and O–H groups in total. The van der Waals surface area contributed by atoms with E-state index in [0.29, 0.717) is 71.9 Å². The largest absolute Gasteiger partial charge is 0.744 e. The predicted molar refractivity (Wildman–Crippen MR) is 273 cm³/mol. The fourth-order valence-electron chi connectivity index (χ4n) is 9.93. The Kier molecular flexibility index (Phi) is 17.4. The zero-order valence-electron chi connectivity index (χ0n) is 40.5. The van der Waals surface area contributed by atoms with Crippen LogP contribution in [0.3, 0.4) is 0 Å². The number of allylic oxidation sites excluding steroid dienone is 8.